The molecule has 1 aromatic rings. The number of hydrogen-bond donors (Lipinski definition) is 1. The minimum atomic E-state index is 0.713. The first-order valence-corrected chi connectivity index (χ1v) is 7.58. The summed E-state index contributed by atoms with van der Waals surface area (Å²) < 4.78 is 0. The first-order valence-electron chi connectivity index (χ1n) is 7.58. The van der Waals surface area contributed by atoms with Crippen LogP contribution in [-0.2, 0) is 0 Å². The zero-order valence-electron chi connectivity index (χ0n) is 11.9. The van der Waals surface area contributed by atoms with Gasteiger partial charge in [-0.3, -0.25) is 0 Å². The summed E-state index contributed by atoms with van der Waals surface area (Å²) in [7, 11) is 0. The summed E-state index contributed by atoms with van der Waals surface area (Å²) in [6.45, 7) is 6.63. The molecule has 1 atom stereocenters. The molecular formula is C17H27N. The Morgan fingerprint density at radius 3 is 2.67 bits per heavy atom. The van der Waals surface area contributed by atoms with Gasteiger partial charge in [-0.05, 0) is 43.7 Å². The average molecular weight is 245 g/mol. The molecule has 1 fully saturated rings. The number of likely N-dealkylation sites (N-methyl/N-ethyl adjacent to an activating group) is 1. The quantitative estimate of drug-likeness (QED) is 0.817. The maximum absolute atomic E-state index is 3.56. The molecule has 2 rings (SSSR count). The van der Waals surface area contributed by atoms with Crippen molar-refractivity contribution in [3.63, 3.8) is 0 Å². The number of hydrogen-bond acceptors (Lipinski definition) is 1. The monoisotopic (exact) mass is 245 g/mol. The van der Waals surface area contributed by atoms with Gasteiger partial charge in [0, 0.05) is 6.54 Å². The molecular weight excluding hydrogens is 218 g/mol. The third kappa shape index (κ3) is 3.58. The summed E-state index contributed by atoms with van der Waals surface area (Å²) in [5.41, 5.74) is 2.94. The van der Waals surface area contributed by atoms with E-state index in [0.29, 0.717) is 5.92 Å². The first kappa shape index (κ1) is 13.6. The van der Waals surface area contributed by atoms with Gasteiger partial charge in [0.15, 0.2) is 0 Å². The average Bonchev–Trinajstić information content (AvgIpc) is 2.40. The molecule has 0 aromatic heterocycles. The van der Waals surface area contributed by atoms with E-state index in [-0.39, 0.29) is 0 Å². The van der Waals surface area contributed by atoms with Crippen molar-refractivity contribution in [1.29, 1.82) is 0 Å². The van der Waals surface area contributed by atoms with Crippen LogP contribution in [-0.4, -0.2) is 13.1 Å². The highest BCUT2D eigenvalue weighted by Gasteiger charge is 2.24. The van der Waals surface area contributed by atoms with Crippen molar-refractivity contribution in [3.05, 3.63) is 35.4 Å². The molecule has 1 aromatic carbocycles. The van der Waals surface area contributed by atoms with Crippen molar-refractivity contribution < 1.29 is 0 Å². The van der Waals surface area contributed by atoms with Crippen LogP contribution in [0.5, 0.6) is 0 Å². The molecule has 1 N–H and O–H groups in total. The summed E-state index contributed by atoms with van der Waals surface area (Å²) in [5, 5.41) is 3.56. The van der Waals surface area contributed by atoms with E-state index in [1.807, 2.05) is 0 Å². The van der Waals surface area contributed by atoms with E-state index in [1.54, 1.807) is 5.56 Å². The number of nitrogens with one attached hydrogen (secondary N) is 1. The van der Waals surface area contributed by atoms with Crippen LogP contribution in [0.15, 0.2) is 24.3 Å². The van der Waals surface area contributed by atoms with Gasteiger partial charge < -0.3 is 5.32 Å². The van der Waals surface area contributed by atoms with Crippen molar-refractivity contribution in [2.45, 2.75) is 51.9 Å². The lowest BCUT2D eigenvalue weighted by Crippen LogP contribution is -2.28. The Hall–Kier alpha value is -0.820. The highest BCUT2D eigenvalue weighted by Crippen LogP contribution is 2.35. The van der Waals surface area contributed by atoms with E-state index in [9.17, 15) is 0 Å². The molecule has 1 unspecified atom stereocenters. The number of benzene rings is 1. The molecule has 0 amide bonds. The normalized spacial score (nSPS) is 18.8. The van der Waals surface area contributed by atoms with Crippen LogP contribution < -0.4 is 5.32 Å². The van der Waals surface area contributed by atoms with Crippen molar-refractivity contribution in [2.75, 3.05) is 13.1 Å². The molecule has 18 heavy (non-hydrogen) atoms. The molecule has 1 saturated carbocycles. The Balaban J connectivity index is 2.12. The van der Waals surface area contributed by atoms with Crippen molar-refractivity contribution in [3.8, 4) is 0 Å². The molecule has 1 aliphatic rings. The van der Waals surface area contributed by atoms with E-state index < -0.39 is 0 Å². The topological polar surface area (TPSA) is 12.0 Å². The third-order valence-corrected chi connectivity index (χ3v) is 4.30. The Labute approximate surface area is 112 Å². The second-order valence-electron chi connectivity index (χ2n) is 5.73. The van der Waals surface area contributed by atoms with Crippen molar-refractivity contribution >= 4 is 0 Å². The van der Waals surface area contributed by atoms with E-state index in [4.69, 9.17) is 0 Å². The molecule has 0 aliphatic heterocycles. The zero-order chi connectivity index (χ0) is 12.8. The van der Waals surface area contributed by atoms with Crippen LogP contribution in [0.1, 0.15) is 56.1 Å². The molecule has 1 nitrogen and oxygen atoms in total. The van der Waals surface area contributed by atoms with Gasteiger partial charge in [0.1, 0.15) is 0 Å². The van der Waals surface area contributed by atoms with Crippen LogP contribution in [0.25, 0.3) is 0 Å². The molecule has 0 bridgehead atoms. The van der Waals surface area contributed by atoms with Crippen LogP contribution in [0.4, 0.5) is 0 Å². The summed E-state index contributed by atoms with van der Waals surface area (Å²) in [4.78, 5) is 0. The van der Waals surface area contributed by atoms with Gasteiger partial charge >= 0.3 is 0 Å². The summed E-state index contributed by atoms with van der Waals surface area (Å²) in [5.74, 6) is 1.60. The molecule has 0 saturated heterocycles. The molecule has 0 radical (unpaired) electrons. The molecule has 1 heteroatoms. The van der Waals surface area contributed by atoms with Gasteiger partial charge in [-0.2, -0.15) is 0 Å². The zero-order valence-corrected chi connectivity index (χ0v) is 11.9. The highest BCUT2D eigenvalue weighted by molar-refractivity contribution is 5.26. The van der Waals surface area contributed by atoms with E-state index >= 15 is 0 Å². The van der Waals surface area contributed by atoms with Gasteiger partial charge in [-0.1, -0.05) is 56.0 Å². The van der Waals surface area contributed by atoms with Gasteiger partial charge in [0.05, 0.1) is 0 Å². The number of aryl methyl sites for hydroxylation is 1. The predicted molar refractivity (Wildman–Crippen MR) is 79.0 cm³/mol. The van der Waals surface area contributed by atoms with Crippen molar-refractivity contribution in [2.24, 2.45) is 5.92 Å². The van der Waals surface area contributed by atoms with Crippen LogP contribution in [0.3, 0.4) is 0 Å². The second-order valence-corrected chi connectivity index (χ2v) is 5.73. The number of rotatable bonds is 5. The Morgan fingerprint density at radius 1 is 1.22 bits per heavy atom. The second kappa shape index (κ2) is 6.94. The minimum Gasteiger partial charge on any atom is -0.316 e. The Kier molecular flexibility index (Phi) is 5.25. The highest BCUT2D eigenvalue weighted by atomic mass is 14.8. The predicted octanol–water partition coefficient (Wildman–Crippen LogP) is 4.27. The first-order chi connectivity index (χ1) is 8.81. The Morgan fingerprint density at radius 2 is 2.00 bits per heavy atom. The van der Waals surface area contributed by atoms with Crippen LogP contribution in [0, 0.1) is 12.8 Å². The smallest absolute Gasteiger partial charge is 0.00227 e. The van der Waals surface area contributed by atoms with Gasteiger partial charge in [0.25, 0.3) is 0 Å². The summed E-state index contributed by atoms with van der Waals surface area (Å²) in [6.07, 6.45) is 7.14. The minimum absolute atomic E-state index is 0.713. The lowest BCUT2D eigenvalue weighted by atomic mass is 9.76. The van der Waals surface area contributed by atoms with E-state index in [2.05, 4.69) is 43.4 Å². The fourth-order valence-corrected chi connectivity index (χ4v) is 3.29. The van der Waals surface area contributed by atoms with Crippen LogP contribution >= 0.6 is 0 Å². The van der Waals surface area contributed by atoms with Gasteiger partial charge in [-0.25, -0.2) is 0 Å². The van der Waals surface area contributed by atoms with E-state index in [1.165, 1.54) is 37.7 Å². The lowest BCUT2D eigenvalue weighted by molar-refractivity contribution is 0.298. The lowest BCUT2D eigenvalue weighted by Gasteiger charge is -2.31. The maximum atomic E-state index is 3.56. The van der Waals surface area contributed by atoms with Gasteiger partial charge in [-0.15, -0.1) is 0 Å². The van der Waals surface area contributed by atoms with Crippen LogP contribution in [0.2, 0.25) is 0 Å². The summed E-state index contributed by atoms with van der Waals surface area (Å²) >= 11 is 0. The maximum Gasteiger partial charge on any atom is 0.00227 e. The fraction of sp³-hybridized carbons (Fsp3) is 0.647. The Bertz CT molecular complexity index is 352. The fourth-order valence-electron chi connectivity index (χ4n) is 3.29. The standard InChI is InChI=1S/C17H27N/c1-3-18-13-17(15-9-5-4-6-10-15)16-11-7-8-14(2)12-16/h7-8,11-12,15,17-18H,3-6,9-10,13H2,1-2H3. The van der Waals surface area contributed by atoms with E-state index in [0.717, 1.165) is 19.0 Å². The summed E-state index contributed by atoms with van der Waals surface area (Å²) in [6, 6.07) is 9.13. The van der Waals surface area contributed by atoms with Crippen molar-refractivity contribution in [1.82, 2.24) is 5.32 Å². The molecule has 0 spiro atoms. The molecule has 1 aliphatic carbocycles. The van der Waals surface area contributed by atoms with Gasteiger partial charge in [0.2, 0.25) is 0 Å². The largest absolute Gasteiger partial charge is 0.316 e. The SMILES string of the molecule is CCNCC(c1cccc(C)c1)C1CCCCC1. The molecule has 100 valence electrons. The third-order valence-electron chi connectivity index (χ3n) is 4.30. The molecule has 0 heterocycles.